The molecule has 0 radical (unpaired) electrons. The van der Waals surface area contributed by atoms with Crippen LogP contribution in [0, 0.1) is 0 Å². The summed E-state index contributed by atoms with van der Waals surface area (Å²) in [4.78, 5) is 0. The predicted octanol–water partition coefficient (Wildman–Crippen LogP) is 2.88. The average molecular weight is 273 g/mol. The molecule has 4 heteroatoms. The molecule has 1 unspecified atom stereocenters. The van der Waals surface area contributed by atoms with Crippen LogP contribution < -0.4 is 0 Å². The maximum absolute atomic E-state index is 5.96. The molecule has 1 nitrogen and oxygen atoms in total. The molecule has 1 atom stereocenters. The Labute approximate surface area is 105 Å². The molecule has 0 bridgehead atoms. The van der Waals surface area contributed by atoms with Gasteiger partial charge in [0.1, 0.15) is 0 Å². The summed E-state index contributed by atoms with van der Waals surface area (Å²) in [5.74, 6) is 0. The molecule has 1 aliphatic heterocycles. The largest absolute Gasteiger partial charge is 0.378 e. The monoisotopic (exact) mass is 272 g/mol. The first-order valence-corrected chi connectivity index (χ1v) is 14.8. The van der Waals surface area contributed by atoms with Crippen molar-refractivity contribution in [2.45, 2.75) is 64.3 Å². The van der Waals surface area contributed by atoms with E-state index in [4.69, 9.17) is 4.74 Å². The fourth-order valence-electron chi connectivity index (χ4n) is 2.71. The van der Waals surface area contributed by atoms with E-state index in [-0.39, 0.29) is 0 Å². The fourth-order valence-corrected chi connectivity index (χ4v) is 17.8. The van der Waals surface area contributed by atoms with Gasteiger partial charge in [-0.3, -0.25) is 0 Å². The van der Waals surface area contributed by atoms with Crippen LogP contribution in [0.4, 0.5) is 0 Å². The van der Waals surface area contributed by atoms with Crippen molar-refractivity contribution in [1.82, 2.24) is 0 Å². The Balaban J connectivity index is 2.87. The number of rotatable bonds is 3. The quantitative estimate of drug-likeness (QED) is 0.718. The Morgan fingerprint density at radius 1 is 1.00 bits per heavy atom. The maximum Gasteiger partial charge on any atom is 0.0630 e. The van der Waals surface area contributed by atoms with E-state index in [9.17, 15) is 0 Å². The highest BCUT2D eigenvalue weighted by molar-refractivity contribution is 7.39. The van der Waals surface area contributed by atoms with E-state index < -0.39 is 16.1 Å². The zero-order valence-corrected chi connectivity index (χ0v) is 15.0. The molecule has 0 aromatic rings. The van der Waals surface area contributed by atoms with E-state index in [0.29, 0.717) is 14.9 Å². The van der Waals surface area contributed by atoms with E-state index in [1.807, 2.05) is 4.42 Å². The third-order valence-corrected chi connectivity index (χ3v) is 18.3. The first kappa shape index (κ1) is 14.5. The second kappa shape index (κ2) is 5.42. The molecule has 1 rings (SSSR count). The molecule has 0 spiro atoms. The first-order chi connectivity index (χ1) is 7.21. The number of hydrogen-bond acceptors (Lipinski definition) is 1. The zero-order valence-electron chi connectivity index (χ0n) is 11.9. The van der Waals surface area contributed by atoms with Crippen LogP contribution in [0.15, 0.2) is 0 Å². The van der Waals surface area contributed by atoms with Crippen molar-refractivity contribution < 1.29 is 4.74 Å². The van der Waals surface area contributed by atoms with Crippen molar-refractivity contribution in [3.05, 3.63) is 0 Å². The van der Waals surface area contributed by atoms with Crippen molar-refractivity contribution in [2.24, 2.45) is 0 Å². The standard InChI is InChI=1S/C12H28OSi3/c1-15(2,3)12(16(4,5)6)14-11-9-7-8-10-13-11/h11,14H,7-10H2,1-6H3. The molecule has 0 aromatic heterocycles. The van der Waals surface area contributed by atoms with Crippen molar-refractivity contribution >= 4 is 29.7 Å². The third kappa shape index (κ3) is 4.39. The van der Waals surface area contributed by atoms with Crippen LogP contribution in [0.25, 0.3) is 0 Å². The summed E-state index contributed by atoms with van der Waals surface area (Å²) >= 11 is 0. The summed E-state index contributed by atoms with van der Waals surface area (Å²) in [7, 11) is -1.70. The molecule has 1 aliphatic rings. The molecule has 94 valence electrons. The first-order valence-electron chi connectivity index (χ1n) is 6.55. The van der Waals surface area contributed by atoms with Gasteiger partial charge >= 0.3 is 0 Å². The van der Waals surface area contributed by atoms with Crippen LogP contribution in [0.2, 0.25) is 39.3 Å². The molecule has 0 N–H and O–H groups in total. The summed E-state index contributed by atoms with van der Waals surface area (Å²) < 4.78 is 7.97. The Kier molecular flexibility index (Phi) is 4.92. The number of hydrogen-bond donors (Lipinski definition) is 0. The minimum Gasteiger partial charge on any atom is -0.378 e. The van der Waals surface area contributed by atoms with Gasteiger partial charge in [-0.25, -0.2) is 0 Å². The summed E-state index contributed by atoms with van der Waals surface area (Å²) in [6, 6.07) is 0. The average Bonchev–Trinajstić information content (AvgIpc) is 2.12. The van der Waals surface area contributed by atoms with Gasteiger partial charge < -0.3 is 4.74 Å². The fraction of sp³-hybridized carbons (Fsp3) is 0.917. The second-order valence-electron chi connectivity index (χ2n) is 6.99. The summed E-state index contributed by atoms with van der Waals surface area (Å²) in [5.41, 5.74) is 0.627. The third-order valence-electron chi connectivity index (χ3n) is 3.18. The molecule has 1 saturated heterocycles. The molecule has 0 aliphatic carbocycles. The Bertz CT molecular complexity index is 238. The van der Waals surface area contributed by atoms with Crippen LogP contribution in [0.5, 0.6) is 0 Å². The molecular formula is C12H28OSi3. The number of ether oxygens (including phenoxy) is 1. The van der Waals surface area contributed by atoms with Gasteiger partial charge in [0.15, 0.2) is 0 Å². The lowest BCUT2D eigenvalue weighted by molar-refractivity contribution is 0.0669. The lowest BCUT2D eigenvalue weighted by Crippen LogP contribution is -2.53. The van der Waals surface area contributed by atoms with Gasteiger partial charge in [0, 0.05) is 15.7 Å². The highest BCUT2D eigenvalue weighted by Gasteiger charge is 2.31. The van der Waals surface area contributed by atoms with Gasteiger partial charge in [-0.1, -0.05) is 39.3 Å². The van der Waals surface area contributed by atoms with Gasteiger partial charge in [-0.2, -0.15) is 0 Å². The van der Waals surface area contributed by atoms with Crippen LogP contribution in [-0.4, -0.2) is 42.0 Å². The van der Waals surface area contributed by atoms with Crippen molar-refractivity contribution in [3.8, 4) is 0 Å². The topological polar surface area (TPSA) is 9.23 Å². The maximum atomic E-state index is 5.96. The Hall–Kier alpha value is 0.481. The van der Waals surface area contributed by atoms with E-state index in [2.05, 4.69) is 39.3 Å². The second-order valence-corrected chi connectivity index (χ2v) is 20.4. The van der Waals surface area contributed by atoms with Gasteiger partial charge in [-0.05, 0) is 19.3 Å². The van der Waals surface area contributed by atoms with Gasteiger partial charge in [0.2, 0.25) is 0 Å². The van der Waals surface area contributed by atoms with Crippen molar-refractivity contribution in [3.63, 3.8) is 0 Å². The lowest BCUT2D eigenvalue weighted by atomic mass is 10.2. The summed E-state index contributed by atoms with van der Waals surface area (Å²) in [6.07, 6.45) is 4.00. The SMILES string of the molecule is C[Si](C)(C)C(=[SiH]C1CCCCO1)[Si](C)(C)C. The van der Waals surface area contributed by atoms with Gasteiger partial charge in [0.25, 0.3) is 0 Å². The molecule has 1 heterocycles. The molecular weight excluding hydrogens is 244 g/mol. The van der Waals surface area contributed by atoms with Crippen molar-refractivity contribution in [1.29, 1.82) is 0 Å². The minimum atomic E-state index is -1.07. The minimum absolute atomic E-state index is 0.441. The Morgan fingerprint density at radius 2 is 1.56 bits per heavy atom. The normalized spacial score (nSPS) is 23.0. The highest BCUT2D eigenvalue weighted by Crippen LogP contribution is 2.17. The van der Waals surface area contributed by atoms with Gasteiger partial charge in [-0.15, -0.1) is 4.42 Å². The van der Waals surface area contributed by atoms with Crippen molar-refractivity contribution in [2.75, 3.05) is 6.61 Å². The molecule has 1 fully saturated rings. The van der Waals surface area contributed by atoms with E-state index in [1.54, 1.807) is 0 Å². The van der Waals surface area contributed by atoms with Crippen LogP contribution in [-0.2, 0) is 4.74 Å². The molecule has 0 saturated carbocycles. The highest BCUT2D eigenvalue weighted by atomic mass is 28.4. The van der Waals surface area contributed by atoms with E-state index in [0.717, 1.165) is 6.61 Å². The smallest absolute Gasteiger partial charge is 0.0630 e. The zero-order chi connectivity index (χ0) is 12.4. The molecule has 16 heavy (non-hydrogen) atoms. The summed E-state index contributed by atoms with van der Waals surface area (Å²) in [5, 5.41) is 0. The van der Waals surface area contributed by atoms with E-state index in [1.165, 1.54) is 19.3 Å². The van der Waals surface area contributed by atoms with Crippen LogP contribution >= 0.6 is 0 Å². The van der Waals surface area contributed by atoms with Gasteiger partial charge in [0.05, 0.1) is 21.9 Å². The molecule has 0 amide bonds. The summed E-state index contributed by atoms with van der Waals surface area (Å²) in [6.45, 7) is 16.2. The van der Waals surface area contributed by atoms with Crippen LogP contribution in [0.3, 0.4) is 0 Å². The predicted molar refractivity (Wildman–Crippen MR) is 82.4 cm³/mol. The van der Waals surface area contributed by atoms with Crippen LogP contribution in [0.1, 0.15) is 19.3 Å². The molecule has 0 aromatic carbocycles. The van der Waals surface area contributed by atoms with E-state index >= 15 is 0 Å². The Morgan fingerprint density at radius 3 is 1.94 bits per heavy atom. The lowest BCUT2D eigenvalue weighted by Gasteiger charge is -2.33.